The Labute approximate surface area is 153 Å². The lowest BCUT2D eigenvalue weighted by Crippen LogP contribution is -2.07. The summed E-state index contributed by atoms with van der Waals surface area (Å²) in [4.78, 5) is 16.5. The molecule has 0 bridgehead atoms. The Morgan fingerprint density at radius 3 is 2.74 bits per heavy atom. The lowest BCUT2D eigenvalue weighted by atomic mass is 10.1. The van der Waals surface area contributed by atoms with E-state index in [9.17, 15) is 4.79 Å². The van der Waals surface area contributed by atoms with Gasteiger partial charge in [0, 0.05) is 15.9 Å². The average molecular weight is 421 g/mol. The van der Waals surface area contributed by atoms with E-state index in [-0.39, 0.29) is 5.69 Å². The Morgan fingerprint density at radius 1 is 1.35 bits per heavy atom. The van der Waals surface area contributed by atoms with Crippen LogP contribution in [0.5, 0.6) is 5.75 Å². The molecule has 1 aromatic carbocycles. The maximum Gasteiger partial charge on any atom is 0.356 e. The molecule has 1 aromatic heterocycles. The third-order valence-electron chi connectivity index (χ3n) is 3.19. The summed E-state index contributed by atoms with van der Waals surface area (Å²) >= 11 is 15.8. The van der Waals surface area contributed by atoms with E-state index in [1.54, 1.807) is 18.2 Å². The number of esters is 1. The van der Waals surface area contributed by atoms with Crippen molar-refractivity contribution in [3.8, 4) is 5.75 Å². The van der Waals surface area contributed by atoms with Gasteiger partial charge in [-0.25, -0.2) is 9.78 Å². The van der Waals surface area contributed by atoms with Crippen molar-refractivity contribution in [2.45, 2.75) is 24.6 Å². The highest BCUT2D eigenvalue weighted by Gasteiger charge is 2.16. The monoisotopic (exact) mass is 419 g/mol. The van der Waals surface area contributed by atoms with E-state index < -0.39 is 5.97 Å². The molecular weight excluding hydrogens is 405 g/mol. The van der Waals surface area contributed by atoms with Crippen LogP contribution in [0.15, 0.2) is 18.2 Å². The predicted molar refractivity (Wildman–Crippen MR) is 96.2 cm³/mol. The molecule has 23 heavy (non-hydrogen) atoms. The Bertz CT molecular complexity index is 722. The van der Waals surface area contributed by atoms with Crippen molar-refractivity contribution in [2.24, 2.45) is 0 Å². The van der Waals surface area contributed by atoms with Gasteiger partial charge in [0.05, 0.1) is 29.6 Å². The largest absolute Gasteiger partial charge is 0.493 e. The number of fused-ring (bicyclic) bond motifs is 1. The number of pyridine rings is 1. The SMILES string of the molecule is COC(=O)c1cc(OCCCC(C)Br)c2c(Cl)cc(Cl)cc2n1. The van der Waals surface area contributed by atoms with Gasteiger partial charge in [-0.3, -0.25) is 0 Å². The molecule has 0 spiro atoms. The zero-order chi connectivity index (χ0) is 17.0. The van der Waals surface area contributed by atoms with E-state index in [0.29, 0.717) is 38.1 Å². The topological polar surface area (TPSA) is 48.4 Å². The normalized spacial score (nSPS) is 12.2. The van der Waals surface area contributed by atoms with Crippen molar-refractivity contribution < 1.29 is 14.3 Å². The van der Waals surface area contributed by atoms with Crippen LogP contribution in [-0.2, 0) is 4.74 Å². The van der Waals surface area contributed by atoms with Gasteiger partial charge < -0.3 is 9.47 Å². The number of alkyl halides is 1. The highest BCUT2D eigenvalue weighted by atomic mass is 79.9. The molecular formula is C16H16BrCl2NO3. The van der Waals surface area contributed by atoms with Gasteiger partial charge in [0.15, 0.2) is 5.69 Å². The smallest absolute Gasteiger partial charge is 0.356 e. The number of rotatable bonds is 6. The Morgan fingerprint density at radius 2 is 2.09 bits per heavy atom. The predicted octanol–water partition coefficient (Wildman–Crippen LogP) is 5.27. The number of nitrogens with zero attached hydrogens (tertiary/aromatic N) is 1. The number of ether oxygens (including phenoxy) is 2. The van der Waals surface area contributed by atoms with Gasteiger partial charge in [-0.15, -0.1) is 0 Å². The standard InChI is InChI=1S/C16H16BrCl2NO3/c1-9(17)4-3-5-23-14-8-13(16(21)22-2)20-12-7-10(18)6-11(19)15(12)14/h6-9H,3-5H2,1-2H3. The second kappa shape index (κ2) is 8.18. The van der Waals surface area contributed by atoms with E-state index >= 15 is 0 Å². The van der Waals surface area contributed by atoms with Gasteiger partial charge in [0.25, 0.3) is 0 Å². The lowest BCUT2D eigenvalue weighted by Gasteiger charge is -2.12. The first-order valence-corrected chi connectivity index (χ1v) is 8.74. The van der Waals surface area contributed by atoms with Crippen molar-refractivity contribution >= 4 is 56.0 Å². The second-order valence-electron chi connectivity index (χ2n) is 5.05. The van der Waals surface area contributed by atoms with Gasteiger partial charge in [0.1, 0.15) is 5.75 Å². The maximum atomic E-state index is 11.8. The summed E-state index contributed by atoms with van der Waals surface area (Å²) in [6.45, 7) is 2.59. The number of halogens is 3. The van der Waals surface area contributed by atoms with Gasteiger partial charge >= 0.3 is 5.97 Å². The first kappa shape index (κ1) is 18.3. The minimum atomic E-state index is -0.540. The minimum Gasteiger partial charge on any atom is -0.493 e. The fourth-order valence-electron chi connectivity index (χ4n) is 2.12. The number of hydrogen-bond acceptors (Lipinski definition) is 4. The highest BCUT2D eigenvalue weighted by molar-refractivity contribution is 9.09. The van der Waals surface area contributed by atoms with E-state index in [4.69, 9.17) is 32.7 Å². The van der Waals surface area contributed by atoms with E-state index in [2.05, 4.69) is 27.8 Å². The summed E-state index contributed by atoms with van der Waals surface area (Å²) in [6, 6.07) is 4.81. The number of carbonyl (C=O) groups excluding carboxylic acids is 1. The molecule has 124 valence electrons. The quantitative estimate of drug-likeness (QED) is 0.362. The lowest BCUT2D eigenvalue weighted by molar-refractivity contribution is 0.0594. The van der Waals surface area contributed by atoms with Crippen LogP contribution in [0.25, 0.3) is 10.9 Å². The zero-order valence-corrected chi connectivity index (χ0v) is 15.8. The third-order valence-corrected chi connectivity index (χ3v) is 4.16. The molecule has 0 aliphatic rings. The molecule has 0 saturated heterocycles. The second-order valence-corrected chi connectivity index (χ2v) is 7.46. The maximum absolute atomic E-state index is 11.8. The van der Waals surface area contributed by atoms with Gasteiger partial charge in [0.2, 0.25) is 0 Å². The molecule has 0 aliphatic heterocycles. The van der Waals surface area contributed by atoms with Gasteiger partial charge in [-0.1, -0.05) is 46.1 Å². The Kier molecular flexibility index (Phi) is 6.50. The number of methoxy groups -OCH3 is 1. The fraction of sp³-hybridized carbons (Fsp3) is 0.375. The summed E-state index contributed by atoms with van der Waals surface area (Å²) in [5.74, 6) is -0.0405. The molecule has 0 N–H and O–H groups in total. The molecule has 0 fully saturated rings. The summed E-state index contributed by atoms with van der Waals surface area (Å²) in [5.41, 5.74) is 0.649. The molecule has 0 amide bonds. The van der Waals surface area contributed by atoms with Crippen LogP contribution in [-0.4, -0.2) is 29.5 Å². The van der Waals surface area contributed by atoms with Crippen LogP contribution >= 0.6 is 39.1 Å². The summed E-state index contributed by atoms with van der Waals surface area (Å²) < 4.78 is 10.6. The molecule has 0 aliphatic carbocycles. The summed E-state index contributed by atoms with van der Waals surface area (Å²) in [6.07, 6.45) is 1.85. The zero-order valence-electron chi connectivity index (χ0n) is 12.7. The van der Waals surface area contributed by atoms with Crippen molar-refractivity contribution in [2.75, 3.05) is 13.7 Å². The van der Waals surface area contributed by atoms with Crippen molar-refractivity contribution in [1.29, 1.82) is 0 Å². The number of benzene rings is 1. The first-order chi connectivity index (χ1) is 10.9. The average Bonchev–Trinajstić information content (AvgIpc) is 2.49. The first-order valence-electron chi connectivity index (χ1n) is 7.07. The molecule has 1 unspecified atom stereocenters. The van der Waals surface area contributed by atoms with Crippen molar-refractivity contribution in [3.63, 3.8) is 0 Å². The Hall–Kier alpha value is -1.04. The van der Waals surface area contributed by atoms with Crippen LogP contribution < -0.4 is 4.74 Å². The van der Waals surface area contributed by atoms with Gasteiger partial charge in [-0.05, 0) is 25.0 Å². The molecule has 0 radical (unpaired) electrons. The van der Waals surface area contributed by atoms with Crippen molar-refractivity contribution in [3.05, 3.63) is 33.9 Å². The molecule has 4 nitrogen and oxygen atoms in total. The highest BCUT2D eigenvalue weighted by Crippen LogP contribution is 2.34. The van der Waals surface area contributed by atoms with E-state index in [1.807, 2.05) is 0 Å². The number of hydrogen-bond donors (Lipinski definition) is 0. The molecule has 2 rings (SSSR count). The third kappa shape index (κ3) is 4.72. The fourth-order valence-corrected chi connectivity index (χ4v) is 3.02. The number of aromatic nitrogens is 1. The summed E-state index contributed by atoms with van der Waals surface area (Å²) in [7, 11) is 1.30. The van der Waals surface area contributed by atoms with Crippen molar-refractivity contribution in [1.82, 2.24) is 4.98 Å². The molecule has 1 heterocycles. The summed E-state index contributed by atoms with van der Waals surface area (Å²) in [5, 5.41) is 1.51. The molecule has 1 atom stereocenters. The number of carbonyl (C=O) groups is 1. The minimum absolute atomic E-state index is 0.155. The molecule has 7 heteroatoms. The van der Waals surface area contributed by atoms with Crippen LogP contribution in [0.1, 0.15) is 30.3 Å². The van der Waals surface area contributed by atoms with Crippen LogP contribution in [0.2, 0.25) is 10.0 Å². The van der Waals surface area contributed by atoms with E-state index in [0.717, 1.165) is 12.8 Å². The van der Waals surface area contributed by atoms with E-state index in [1.165, 1.54) is 7.11 Å². The van der Waals surface area contributed by atoms with Gasteiger partial charge in [-0.2, -0.15) is 0 Å². The molecule has 0 saturated carbocycles. The van der Waals surface area contributed by atoms with Crippen LogP contribution in [0, 0.1) is 0 Å². The van der Waals surface area contributed by atoms with Crippen LogP contribution in [0.3, 0.4) is 0 Å². The van der Waals surface area contributed by atoms with Crippen LogP contribution in [0.4, 0.5) is 0 Å². The molecule has 2 aromatic rings. The Balaban J connectivity index is 2.40.